The van der Waals surface area contributed by atoms with Gasteiger partial charge in [-0.3, -0.25) is 14.3 Å². The molecule has 1 aliphatic heterocycles. The molecule has 7 nitrogen and oxygen atoms in total. The molecule has 2 aromatic carbocycles. The Morgan fingerprint density at radius 2 is 1.92 bits per heavy atom. The van der Waals surface area contributed by atoms with Crippen molar-refractivity contribution in [1.29, 1.82) is 0 Å². The fourth-order valence-corrected chi connectivity index (χ4v) is 2.92. The van der Waals surface area contributed by atoms with Crippen molar-refractivity contribution in [3.63, 3.8) is 0 Å². The average Bonchev–Trinajstić information content (AvgIpc) is 2.68. The minimum absolute atomic E-state index is 0.170. The predicted molar refractivity (Wildman–Crippen MR) is 96.8 cm³/mol. The van der Waals surface area contributed by atoms with Crippen LogP contribution in [0.4, 0.5) is 5.69 Å². The molecule has 26 heavy (non-hydrogen) atoms. The maximum absolute atomic E-state index is 12.7. The summed E-state index contributed by atoms with van der Waals surface area (Å²) in [5, 5.41) is 7.52. The van der Waals surface area contributed by atoms with Gasteiger partial charge >= 0.3 is 0 Å². The summed E-state index contributed by atoms with van der Waals surface area (Å²) in [4.78, 5) is 24.6. The van der Waals surface area contributed by atoms with E-state index in [9.17, 15) is 9.59 Å². The molecule has 1 amide bonds. The zero-order valence-corrected chi connectivity index (χ0v) is 14.1. The van der Waals surface area contributed by atoms with Crippen molar-refractivity contribution in [3.05, 3.63) is 58.9 Å². The minimum atomic E-state index is -0.603. The van der Waals surface area contributed by atoms with Crippen LogP contribution in [0.25, 0.3) is 10.9 Å². The van der Waals surface area contributed by atoms with E-state index in [0.717, 1.165) is 0 Å². The number of benzene rings is 2. The fraction of sp³-hybridized carbons (Fsp3) is 0.211. The van der Waals surface area contributed by atoms with Crippen LogP contribution in [0.3, 0.4) is 0 Å². The summed E-state index contributed by atoms with van der Waals surface area (Å²) in [6.45, 7) is 2.73. The first kappa shape index (κ1) is 16.1. The third-order valence-electron chi connectivity index (χ3n) is 4.27. The normalized spacial score (nSPS) is 14.0. The van der Waals surface area contributed by atoms with Crippen LogP contribution in [0, 0.1) is 0 Å². The molecule has 0 saturated carbocycles. The van der Waals surface area contributed by atoms with E-state index in [1.807, 2.05) is 6.07 Å². The third-order valence-corrected chi connectivity index (χ3v) is 4.27. The van der Waals surface area contributed by atoms with Gasteiger partial charge in [0.1, 0.15) is 19.3 Å². The number of hydrogen-bond donors (Lipinski definition) is 1. The first-order valence-corrected chi connectivity index (χ1v) is 8.30. The largest absolute Gasteiger partial charge is 0.486 e. The van der Waals surface area contributed by atoms with Gasteiger partial charge in [-0.15, -0.1) is 0 Å². The summed E-state index contributed by atoms with van der Waals surface area (Å²) in [5.74, 6) is 1.02. The summed E-state index contributed by atoms with van der Waals surface area (Å²) >= 11 is 0. The number of para-hydroxylation sites is 1. The monoisotopic (exact) mass is 351 g/mol. The average molecular weight is 351 g/mol. The molecule has 0 aliphatic carbocycles. The number of carbonyl (C=O) groups is 1. The molecule has 4 rings (SSSR count). The molecule has 2 heterocycles. The van der Waals surface area contributed by atoms with Crippen LogP contribution in [0.1, 0.15) is 13.0 Å². The van der Waals surface area contributed by atoms with Crippen LogP contribution in [0.15, 0.2) is 53.5 Å². The highest BCUT2D eigenvalue weighted by atomic mass is 16.6. The Kier molecular flexibility index (Phi) is 4.04. The van der Waals surface area contributed by atoms with Crippen molar-refractivity contribution in [1.82, 2.24) is 9.78 Å². The standard InChI is InChI=1S/C19H17N3O4/c1-12(22-15-5-3-2-4-14(15)16(23)11-20-22)19(24)21-13-6-7-17-18(10-13)26-9-8-25-17/h2-7,10-12H,8-9H2,1H3,(H,21,24)/t12-/m1/s1. The van der Waals surface area contributed by atoms with E-state index in [2.05, 4.69) is 10.4 Å². The van der Waals surface area contributed by atoms with Crippen molar-refractivity contribution in [2.75, 3.05) is 18.5 Å². The van der Waals surface area contributed by atoms with Crippen molar-refractivity contribution < 1.29 is 14.3 Å². The molecule has 0 bridgehead atoms. The number of hydrogen-bond acceptors (Lipinski definition) is 5. The number of amides is 1. The lowest BCUT2D eigenvalue weighted by Crippen LogP contribution is -2.27. The summed E-state index contributed by atoms with van der Waals surface area (Å²) in [5.41, 5.74) is 1.05. The second kappa shape index (κ2) is 6.51. The van der Waals surface area contributed by atoms with Crippen LogP contribution < -0.4 is 20.2 Å². The Balaban J connectivity index is 1.61. The fourth-order valence-electron chi connectivity index (χ4n) is 2.92. The lowest BCUT2D eigenvalue weighted by Gasteiger charge is -2.20. The maximum atomic E-state index is 12.7. The van der Waals surface area contributed by atoms with Gasteiger partial charge in [0.2, 0.25) is 11.3 Å². The molecule has 0 unspecified atom stereocenters. The number of aromatic nitrogens is 2. The first-order chi connectivity index (χ1) is 12.6. The molecule has 1 N–H and O–H groups in total. The van der Waals surface area contributed by atoms with Gasteiger partial charge in [0.15, 0.2) is 11.5 Å². The smallest absolute Gasteiger partial charge is 0.248 e. The lowest BCUT2D eigenvalue weighted by atomic mass is 10.2. The van der Waals surface area contributed by atoms with Crippen LogP contribution >= 0.6 is 0 Å². The zero-order valence-electron chi connectivity index (χ0n) is 14.1. The highest BCUT2D eigenvalue weighted by Gasteiger charge is 2.19. The number of carbonyl (C=O) groups excluding carboxylic acids is 1. The van der Waals surface area contributed by atoms with E-state index in [4.69, 9.17) is 9.47 Å². The van der Waals surface area contributed by atoms with Crippen LogP contribution in [-0.4, -0.2) is 28.9 Å². The maximum Gasteiger partial charge on any atom is 0.248 e. The number of anilines is 1. The minimum Gasteiger partial charge on any atom is -0.486 e. The Hall–Kier alpha value is -3.35. The molecule has 0 spiro atoms. The lowest BCUT2D eigenvalue weighted by molar-refractivity contribution is -0.119. The van der Waals surface area contributed by atoms with Crippen molar-refractivity contribution >= 4 is 22.5 Å². The summed E-state index contributed by atoms with van der Waals surface area (Å²) in [6.07, 6.45) is 1.23. The van der Waals surface area contributed by atoms with Crippen LogP contribution in [0.5, 0.6) is 11.5 Å². The van der Waals surface area contributed by atoms with Crippen molar-refractivity contribution in [2.45, 2.75) is 13.0 Å². The SMILES string of the molecule is C[C@H](C(=O)Nc1ccc2c(c1)OCCO2)n1ncc(=O)c2ccccc21. The predicted octanol–water partition coefficient (Wildman–Crippen LogP) is 2.37. The summed E-state index contributed by atoms with van der Waals surface area (Å²) < 4.78 is 12.6. The van der Waals surface area contributed by atoms with E-state index in [0.29, 0.717) is 41.3 Å². The Morgan fingerprint density at radius 3 is 2.77 bits per heavy atom. The Labute approximate surface area is 149 Å². The van der Waals surface area contributed by atoms with E-state index >= 15 is 0 Å². The zero-order chi connectivity index (χ0) is 18.1. The third kappa shape index (κ3) is 2.88. The quantitative estimate of drug-likeness (QED) is 0.783. The van der Waals surface area contributed by atoms with E-state index in [1.165, 1.54) is 6.20 Å². The van der Waals surface area contributed by atoms with Gasteiger partial charge in [-0.05, 0) is 31.2 Å². The van der Waals surface area contributed by atoms with Crippen LogP contribution in [-0.2, 0) is 4.79 Å². The molecule has 0 saturated heterocycles. The highest BCUT2D eigenvalue weighted by Crippen LogP contribution is 2.32. The molecule has 1 aliphatic rings. The molecule has 1 atom stereocenters. The number of rotatable bonds is 3. The highest BCUT2D eigenvalue weighted by molar-refractivity contribution is 5.94. The van der Waals surface area contributed by atoms with Crippen molar-refractivity contribution in [2.24, 2.45) is 0 Å². The van der Waals surface area contributed by atoms with Gasteiger partial charge in [0.05, 0.1) is 11.7 Å². The molecule has 0 radical (unpaired) electrons. The summed E-state index contributed by atoms with van der Waals surface area (Å²) in [6, 6.07) is 11.7. The van der Waals surface area contributed by atoms with E-state index in [-0.39, 0.29) is 11.3 Å². The van der Waals surface area contributed by atoms with Crippen molar-refractivity contribution in [3.8, 4) is 11.5 Å². The van der Waals surface area contributed by atoms with Gasteiger partial charge < -0.3 is 14.8 Å². The Bertz CT molecular complexity index is 1040. The van der Waals surface area contributed by atoms with Gasteiger partial charge in [0, 0.05) is 17.1 Å². The number of ether oxygens (including phenoxy) is 2. The van der Waals surface area contributed by atoms with Gasteiger partial charge in [-0.1, -0.05) is 12.1 Å². The molecule has 132 valence electrons. The van der Waals surface area contributed by atoms with Gasteiger partial charge in [-0.2, -0.15) is 5.10 Å². The second-order valence-electron chi connectivity index (χ2n) is 5.99. The van der Waals surface area contributed by atoms with Gasteiger partial charge in [0.25, 0.3) is 0 Å². The topological polar surface area (TPSA) is 82.4 Å². The first-order valence-electron chi connectivity index (χ1n) is 8.30. The number of nitrogens with one attached hydrogen (secondary N) is 1. The molecule has 7 heteroatoms. The second-order valence-corrected chi connectivity index (χ2v) is 5.99. The molecular weight excluding hydrogens is 334 g/mol. The molecule has 1 aromatic heterocycles. The Morgan fingerprint density at radius 1 is 1.15 bits per heavy atom. The van der Waals surface area contributed by atoms with E-state index < -0.39 is 6.04 Å². The summed E-state index contributed by atoms with van der Waals surface area (Å²) in [7, 11) is 0. The van der Waals surface area contributed by atoms with Gasteiger partial charge in [-0.25, -0.2) is 0 Å². The number of nitrogens with zero attached hydrogens (tertiary/aromatic N) is 2. The molecular formula is C19H17N3O4. The number of fused-ring (bicyclic) bond motifs is 2. The van der Waals surface area contributed by atoms with Crippen LogP contribution in [0.2, 0.25) is 0 Å². The van der Waals surface area contributed by atoms with E-state index in [1.54, 1.807) is 48.0 Å². The molecule has 0 fully saturated rings. The molecule has 3 aromatic rings.